The van der Waals surface area contributed by atoms with Crippen molar-refractivity contribution >= 4 is 9.84 Å². The smallest absolute Gasteiger partial charge is 0.163 e. The second kappa shape index (κ2) is 3.72. The van der Waals surface area contributed by atoms with E-state index in [0.29, 0.717) is 26.3 Å². The monoisotopic (exact) mass is 193 g/mol. The minimum Gasteiger partial charge on any atom is -0.379 e. The summed E-state index contributed by atoms with van der Waals surface area (Å²) in [5.74, 6) is 0. The van der Waals surface area contributed by atoms with E-state index in [-0.39, 0.29) is 5.37 Å². The Kier molecular flexibility index (Phi) is 3.09. The Hall–Kier alpha value is -0.130. The summed E-state index contributed by atoms with van der Waals surface area (Å²) < 4.78 is 27.4. The lowest BCUT2D eigenvalue weighted by molar-refractivity contribution is 0.0338. The summed E-state index contributed by atoms with van der Waals surface area (Å²) in [4.78, 5) is 1.93. The number of rotatable bonds is 2. The molecule has 72 valence electrons. The molecule has 0 spiro atoms. The number of ether oxygens (including phenoxy) is 1. The molecule has 1 unspecified atom stereocenters. The quantitative estimate of drug-likeness (QED) is 0.604. The predicted octanol–water partition coefficient (Wildman–Crippen LogP) is -0.291. The van der Waals surface area contributed by atoms with Crippen LogP contribution in [0.1, 0.15) is 6.92 Å². The first-order valence-electron chi connectivity index (χ1n) is 4.02. The SMILES string of the molecule is CC(N1CCOCC1)S(C)(=O)=O. The Bertz CT molecular complexity index is 231. The van der Waals surface area contributed by atoms with Gasteiger partial charge in [-0.2, -0.15) is 0 Å². The predicted molar refractivity (Wildman–Crippen MR) is 46.7 cm³/mol. The topological polar surface area (TPSA) is 46.6 Å². The van der Waals surface area contributed by atoms with Gasteiger partial charge in [-0.25, -0.2) is 8.42 Å². The van der Waals surface area contributed by atoms with Crippen LogP contribution in [0, 0.1) is 0 Å². The molecule has 0 N–H and O–H groups in total. The van der Waals surface area contributed by atoms with E-state index in [2.05, 4.69) is 0 Å². The van der Waals surface area contributed by atoms with Crippen LogP contribution in [0.3, 0.4) is 0 Å². The third-order valence-corrected chi connectivity index (χ3v) is 3.72. The van der Waals surface area contributed by atoms with Gasteiger partial charge in [-0.1, -0.05) is 0 Å². The van der Waals surface area contributed by atoms with Crippen LogP contribution in [-0.4, -0.2) is 51.3 Å². The van der Waals surface area contributed by atoms with E-state index in [9.17, 15) is 8.42 Å². The molecule has 1 aliphatic rings. The normalized spacial score (nSPS) is 23.8. The van der Waals surface area contributed by atoms with Crippen molar-refractivity contribution in [1.29, 1.82) is 0 Å². The summed E-state index contributed by atoms with van der Waals surface area (Å²) in [6.45, 7) is 4.43. The van der Waals surface area contributed by atoms with Crippen molar-refractivity contribution < 1.29 is 13.2 Å². The zero-order valence-corrected chi connectivity index (χ0v) is 8.30. The molecule has 0 amide bonds. The summed E-state index contributed by atoms with van der Waals surface area (Å²) in [6, 6.07) is 0. The maximum absolute atomic E-state index is 11.1. The van der Waals surface area contributed by atoms with Gasteiger partial charge in [0.15, 0.2) is 9.84 Å². The van der Waals surface area contributed by atoms with Gasteiger partial charge in [0.1, 0.15) is 5.37 Å². The first-order valence-corrected chi connectivity index (χ1v) is 5.98. The van der Waals surface area contributed by atoms with Gasteiger partial charge in [0.2, 0.25) is 0 Å². The molecular formula is C7H15NO3S. The summed E-state index contributed by atoms with van der Waals surface area (Å²) in [5.41, 5.74) is 0. The molecule has 0 bridgehead atoms. The minimum absolute atomic E-state index is 0.374. The number of hydrogen-bond acceptors (Lipinski definition) is 4. The lowest BCUT2D eigenvalue weighted by atomic mass is 10.4. The van der Waals surface area contributed by atoms with Crippen molar-refractivity contribution in [2.75, 3.05) is 32.6 Å². The molecule has 4 nitrogen and oxygen atoms in total. The number of nitrogens with zero attached hydrogens (tertiary/aromatic N) is 1. The lowest BCUT2D eigenvalue weighted by Gasteiger charge is -2.30. The first kappa shape index (κ1) is 9.95. The van der Waals surface area contributed by atoms with Crippen molar-refractivity contribution in [2.24, 2.45) is 0 Å². The van der Waals surface area contributed by atoms with Gasteiger partial charge in [0.05, 0.1) is 13.2 Å². The third kappa shape index (κ3) is 2.43. The summed E-state index contributed by atoms with van der Waals surface area (Å²) >= 11 is 0. The zero-order valence-electron chi connectivity index (χ0n) is 7.49. The van der Waals surface area contributed by atoms with Crippen LogP contribution in [0.2, 0.25) is 0 Å². The van der Waals surface area contributed by atoms with E-state index in [4.69, 9.17) is 4.74 Å². The van der Waals surface area contributed by atoms with E-state index in [1.807, 2.05) is 4.90 Å². The number of sulfone groups is 1. The van der Waals surface area contributed by atoms with E-state index in [1.165, 1.54) is 6.26 Å². The molecule has 0 aliphatic carbocycles. The van der Waals surface area contributed by atoms with Crippen LogP contribution in [0.5, 0.6) is 0 Å². The van der Waals surface area contributed by atoms with Gasteiger partial charge in [0, 0.05) is 19.3 Å². The average Bonchev–Trinajstić information content (AvgIpc) is 2.03. The molecule has 1 rings (SSSR count). The zero-order chi connectivity index (χ0) is 9.19. The van der Waals surface area contributed by atoms with Gasteiger partial charge in [-0.15, -0.1) is 0 Å². The highest BCUT2D eigenvalue weighted by Gasteiger charge is 2.24. The second-order valence-corrected chi connectivity index (χ2v) is 5.42. The lowest BCUT2D eigenvalue weighted by Crippen LogP contribution is -2.45. The highest BCUT2D eigenvalue weighted by atomic mass is 32.2. The van der Waals surface area contributed by atoms with Gasteiger partial charge in [-0.05, 0) is 6.92 Å². The first-order chi connectivity index (χ1) is 5.52. The highest BCUT2D eigenvalue weighted by molar-refractivity contribution is 7.91. The molecule has 5 heteroatoms. The summed E-state index contributed by atoms with van der Waals surface area (Å²) in [5, 5.41) is -0.374. The van der Waals surface area contributed by atoms with E-state index in [0.717, 1.165) is 0 Å². The Morgan fingerprint density at radius 1 is 1.33 bits per heavy atom. The third-order valence-electron chi connectivity index (χ3n) is 2.18. The van der Waals surface area contributed by atoms with Crippen molar-refractivity contribution in [2.45, 2.75) is 12.3 Å². The van der Waals surface area contributed by atoms with Crippen LogP contribution in [0.4, 0.5) is 0 Å². The van der Waals surface area contributed by atoms with Gasteiger partial charge in [-0.3, -0.25) is 4.90 Å². The minimum atomic E-state index is -2.93. The van der Waals surface area contributed by atoms with Crippen molar-refractivity contribution in [3.05, 3.63) is 0 Å². The van der Waals surface area contributed by atoms with Crippen LogP contribution in [0.15, 0.2) is 0 Å². The largest absolute Gasteiger partial charge is 0.379 e. The molecule has 1 saturated heterocycles. The fourth-order valence-corrected chi connectivity index (χ4v) is 1.96. The van der Waals surface area contributed by atoms with Crippen molar-refractivity contribution in [1.82, 2.24) is 4.90 Å². The van der Waals surface area contributed by atoms with E-state index < -0.39 is 9.84 Å². The molecule has 0 aromatic rings. The summed E-state index contributed by atoms with van der Waals surface area (Å²) in [7, 11) is -2.93. The van der Waals surface area contributed by atoms with Gasteiger partial charge in [0.25, 0.3) is 0 Å². The molecule has 0 aromatic heterocycles. The van der Waals surface area contributed by atoms with Crippen molar-refractivity contribution in [3.8, 4) is 0 Å². The van der Waals surface area contributed by atoms with Crippen LogP contribution in [-0.2, 0) is 14.6 Å². The van der Waals surface area contributed by atoms with E-state index in [1.54, 1.807) is 6.92 Å². The van der Waals surface area contributed by atoms with E-state index >= 15 is 0 Å². The molecule has 1 fully saturated rings. The number of hydrogen-bond donors (Lipinski definition) is 0. The maximum Gasteiger partial charge on any atom is 0.163 e. The van der Waals surface area contributed by atoms with Crippen LogP contribution >= 0.6 is 0 Å². The molecule has 1 atom stereocenters. The molecule has 1 aliphatic heterocycles. The Balaban J connectivity index is 2.57. The van der Waals surface area contributed by atoms with Crippen LogP contribution in [0.25, 0.3) is 0 Å². The standard InChI is InChI=1S/C7H15NO3S/c1-7(12(2,9)10)8-3-5-11-6-4-8/h7H,3-6H2,1-2H3. The fourth-order valence-electron chi connectivity index (χ4n) is 1.21. The molecule has 0 saturated carbocycles. The number of morpholine rings is 1. The highest BCUT2D eigenvalue weighted by Crippen LogP contribution is 2.08. The summed E-state index contributed by atoms with van der Waals surface area (Å²) in [6.07, 6.45) is 1.27. The van der Waals surface area contributed by atoms with Gasteiger partial charge >= 0.3 is 0 Å². The van der Waals surface area contributed by atoms with Crippen molar-refractivity contribution in [3.63, 3.8) is 0 Å². The Morgan fingerprint density at radius 2 is 1.83 bits per heavy atom. The molecular weight excluding hydrogens is 178 g/mol. The fraction of sp³-hybridized carbons (Fsp3) is 1.00. The molecule has 12 heavy (non-hydrogen) atoms. The molecule has 0 radical (unpaired) electrons. The van der Waals surface area contributed by atoms with Crippen LogP contribution < -0.4 is 0 Å². The van der Waals surface area contributed by atoms with Gasteiger partial charge < -0.3 is 4.74 Å². The Morgan fingerprint density at radius 3 is 2.25 bits per heavy atom. The maximum atomic E-state index is 11.1. The molecule has 0 aromatic carbocycles. The average molecular weight is 193 g/mol. The second-order valence-electron chi connectivity index (χ2n) is 3.08. The molecule has 1 heterocycles. The Labute approximate surface area is 73.4 Å².